The van der Waals surface area contributed by atoms with E-state index < -0.39 is 0 Å². The minimum atomic E-state index is -0.0538. The Morgan fingerprint density at radius 2 is 2.15 bits per heavy atom. The highest BCUT2D eigenvalue weighted by molar-refractivity contribution is 6.07. The molecule has 104 valence electrons. The van der Waals surface area contributed by atoms with Crippen LogP contribution in [0.15, 0.2) is 36.5 Å². The van der Waals surface area contributed by atoms with Gasteiger partial charge < -0.3 is 4.74 Å². The molecule has 0 atom stereocenters. The second-order valence-corrected chi connectivity index (χ2v) is 4.47. The van der Waals surface area contributed by atoms with Crippen molar-refractivity contribution in [1.29, 1.82) is 0 Å². The summed E-state index contributed by atoms with van der Waals surface area (Å²) in [6.45, 7) is 4.36. The van der Waals surface area contributed by atoms with Crippen molar-refractivity contribution in [2.75, 3.05) is 6.61 Å². The van der Waals surface area contributed by atoms with Gasteiger partial charge in [-0.25, -0.2) is 0 Å². The molecule has 0 amide bonds. The highest BCUT2D eigenvalue weighted by Crippen LogP contribution is 2.19. The summed E-state index contributed by atoms with van der Waals surface area (Å²) in [6.07, 6.45) is 5.07. The molecule has 0 saturated heterocycles. The predicted octanol–water partition coefficient (Wildman–Crippen LogP) is 3.02. The van der Waals surface area contributed by atoms with Crippen LogP contribution >= 0.6 is 0 Å². The van der Waals surface area contributed by atoms with Crippen LogP contribution in [0.4, 0.5) is 0 Å². The zero-order valence-corrected chi connectivity index (χ0v) is 12.0. The van der Waals surface area contributed by atoms with Crippen LogP contribution in [-0.2, 0) is 7.05 Å². The zero-order chi connectivity index (χ0) is 14.5. The van der Waals surface area contributed by atoms with Gasteiger partial charge >= 0.3 is 0 Å². The number of benzene rings is 1. The van der Waals surface area contributed by atoms with Crippen molar-refractivity contribution in [2.24, 2.45) is 7.05 Å². The number of aryl methyl sites for hydroxylation is 2. The van der Waals surface area contributed by atoms with Gasteiger partial charge in [-0.2, -0.15) is 5.10 Å². The number of rotatable bonds is 5. The molecule has 0 radical (unpaired) electrons. The number of aromatic nitrogens is 2. The normalized spacial score (nSPS) is 10.9. The minimum absolute atomic E-state index is 0.0538. The fourth-order valence-corrected chi connectivity index (χ4v) is 2.00. The van der Waals surface area contributed by atoms with E-state index in [2.05, 4.69) is 5.10 Å². The Hall–Kier alpha value is -2.36. The molecule has 2 aromatic rings. The molecule has 0 saturated carbocycles. The first-order chi connectivity index (χ1) is 9.61. The molecule has 1 aromatic heterocycles. The molecule has 0 N–H and O–H groups in total. The molecular weight excluding hydrogens is 252 g/mol. The van der Waals surface area contributed by atoms with Crippen molar-refractivity contribution in [3.8, 4) is 5.75 Å². The van der Waals surface area contributed by atoms with Crippen molar-refractivity contribution in [3.63, 3.8) is 0 Å². The van der Waals surface area contributed by atoms with Gasteiger partial charge in [0.1, 0.15) is 5.75 Å². The molecule has 4 nitrogen and oxygen atoms in total. The average molecular weight is 270 g/mol. The van der Waals surface area contributed by atoms with Gasteiger partial charge in [-0.15, -0.1) is 0 Å². The molecule has 0 aliphatic rings. The van der Waals surface area contributed by atoms with Crippen molar-refractivity contribution in [1.82, 2.24) is 9.78 Å². The van der Waals surface area contributed by atoms with E-state index in [1.165, 1.54) is 0 Å². The average Bonchev–Trinajstić information content (AvgIpc) is 2.77. The lowest BCUT2D eigenvalue weighted by molar-refractivity contribution is 0.104. The van der Waals surface area contributed by atoms with Gasteiger partial charge in [-0.05, 0) is 32.1 Å². The summed E-state index contributed by atoms with van der Waals surface area (Å²) < 4.78 is 7.17. The number of carbonyl (C=O) groups is 1. The van der Waals surface area contributed by atoms with Gasteiger partial charge in [0, 0.05) is 18.8 Å². The molecule has 1 heterocycles. The maximum atomic E-state index is 12.1. The van der Waals surface area contributed by atoms with Gasteiger partial charge in [-0.1, -0.05) is 18.2 Å². The maximum absolute atomic E-state index is 12.1. The van der Waals surface area contributed by atoms with Gasteiger partial charge in [0.05, 0.1) is 17.9 Å². The molecule has 0 spiro atoms. The molecule has 0 aliphatic heterocycles. The Bertz CT molecular complexity index is 642. The van der Waals surface area contributed by atoms with Crippen molar-refractivity contribution in [2.45, 2.75) is 13.8 Å². The third kappa shape index (κ3) is 3.15. The van der Waals surface area contributed by atoms with Crippen LogP contribution in [0.1, 0.15) is 28.5 Å². The molecule has 1 aromatic carbocycles. The summed E-state index contributed by atoms with van der Waals surface area (Å²) in [5.41, 5.74) is 2.25. The zero-order valence-electron chi connectivity index (χ0n) is 12.0. The van der Waals surface area contributed by atoms with E-state index in [1.807, 2.05) is 38.1 Å². The van der Waals surface area contributed by atoms with E-state index in [1.54, 1.807) is 30.1 Å². The standard InChI is InChI=1S/C16H18N2O2/c1-4-20-16-8-6-5-7-13(16)9-10-15(19)14-11-18(3)17-12(14)2/h5-11H,4H2,1-3H3. The molecule has 0 bridgehead atoms. The Morgan fingerprint density at radius 1 is 1.40 bits per heavy atom. The van der Waals surface area contributed by atoms with E-state index in [4.69, 9.17) is 4.74 Å². The highest BCUT2D eigenvalue weighted by atomic mass is 16.5. The number of ether oxygens (including phenoxy) is 1. The summed E-state index contributed by atoms with van der Waals surface area (Å²) >= 11 is 0. The van der Waals surface area contributed by atoms with E-state index in [0.29, 0.717) is 12.2 Å². The molecule has 4 heteroatoms. The summed E-state index contributed by atoms with van der Waals surface area (Å²) in [4.78, 5) is 12.1. The number of allylic oxidation sites excluding steroid dienone is 1. The lowest BCUT2D eigenvalue weighted by atomic mass is 10.1. The largest absolute Gasteiger partial charge is 0.493 e. The number of hydrogen-bond donors (Lipinski definition) is 0. The van der Waals surface area contributed by atoms with Crippen LogP contribution in [0.2, 0.25) is 0 Å². The first-order valence-electron chi connectivity index (χ1n) is 6.56. The molecule has 2 rings (SSSR count). The van der Waals surface area contributed by atoms with Gasteiger partial charge in [-0.3, -0.25) is 9.48 Å². The maximum Gasteiger partial charge on any atom is 0.189 e. The second kappa shape index (κ2) is 6.19. The predicted molar refractivity (Wildman–Crippen MR) is 78.9 cm³/mol. The van der Waals surface area contributed by atoms with Crippen LogP contribution < -0.4 is 4.74 Å². The van der Waals surface area contributed by atoms with Gasteiger partial charge in [0.25, 0.3) is 0 Å². The lowest BCUT2D eigenvalue weighted by Gasteiger charge is -2.05. The van der Waals surface area contributed by atoms with Crippen molar-refractivity contribution < 1.29 is 9.53 Å². The number of ketones is 1. The first kappa shape index (κ1) is 14.1. The van der Waals surface area contributed by atoms with Gasteiger partial charge in [0.15, 0.2) is 5.78 Å². The minimum Gasteiger partial charge on any atom is -0.493 e. The van der Waals surface area contributed by atoms with E-state index in [-0.39, 0.29) is 5.78 Å². The lowest BCUT2D eigenvalue weighted by Crippen LogP contribution is -1.96. The smallest absolute Gasteiger partial charge is 0.189 e. The first-order valence-corrected chi connectivity index (χ1v) is 6.56. The summed E-state index contributed by atoms with van der Waals surface area (Å²) in [5, 5.41) is 4.17. The topological polar surface area (TPSA) is 44.1 Å². The third-order valence-electron chi connectivity index (χ3n) is 2.91. The molecular formula is C16H18N2O2. The summed E-state index contributed by atoms with van der Waals surface area (Å²) in [5.74, 6) is 0.726. The monoisotopic (exact) mass is 270 g/mol. The van der Waals surface area contributed by atoms with Gasteiger partial charge in [0.2, 0.25) is 0 Å². The van der Waals surface area contributed by atoms with E-state index in [0.717, 1.165) is 17.0 Å². The summed E-state index contributed by atoms with van der Waals surface area (Å²) in [7, 11) is 1.80. The number of hydrogen-bond acceptors (Lipinski definition) is 3. The fourth-order valence-electron chi connectivity index (χ4n) is 2.00. The van der Waals surface area contributed by atoms with Crippen LogP contribution in [0.5, 0.6) is 5.75 Å². The molecule has 0 unspecified atom stereocenters. The SMILES string of the molecule is CCOc1ccccc1C=CC(=O)c1cn(C)nc1C. The van der Waals surface area contributed by atoms with E-state index in [9.17, 15) is 4.79 Å². The molecule has 0 fully saturated rings. The Balaban J connectivity index is 2.21. The molecule has 0 aliphatic carbocycles. The highest BCUT2D eigenvalue weighted by Gasteiger charge is 2.09. The Labute approximate surface area is 118 Å². The summed E-state index contributed by atoms with van der Waals surface area (Å²) in [6, 6.07) is 7.64. The van der Waals surface area contributed by atoms with E-state index >= 15 is 0 Å². The number of nitrogens with zero attached hydrogens (tertiary/aromatic N) is 2. The van der Waals surface area contributed by atoms with Crippen LogP contribution in [-0.4, -0.2) is 22.2 Å². The number of para-hydroxylation sites is 1. The molecule has 20 heavy (non-hydrogen) atoms. The Kier molecular flexibility index (Phi) is 4.35. The fraction of sp³-hybridized carbons (Fsp3) is 0.250. The number of carbonyl (C=O) groups excluding carboxylic acids is 1. The van der Waals surface area contributed by atoms with Crippen molar-refractivity contribution in [3.05, 3.63) is 53.4 Å². The Morgan fingerprint density at radius 3 is 2.80 bits per heavy atom. The van der Waals surface area contributed by atoms with Crippen LogP contribution in [0.25, 0.3) is 6.08 Å². The van der Waals surface area contributed by atoms with Crippen LogP contribution in [0, 0.1) is 6.92 Å². The quantitative estimate of drug-likeness (QED) is 0.619. The second-order valence-electron chi connectivity index (χ2n) is 4.47. The van der Waals surface area contributed by atoms with Crippen LogP contribution in [0.3, 0.4) is 0 Å². The third-order valence-corrected chi connectivity index (χ3v) is 2.91. The van der Waals surface area contributed by atoms with Crippen molar-refractivity contribution >= 4 is 11.9 Å².